The number of rotatable bonds is 5. The SMILES string of the molecule is COc1ccc(/C=N\N2CCCn3c2nc2c3c(=O)n(Cc3ccccc3Cl)c(=O)n2C)cc1. The van der Waals surface area contributed by atoms with Crippen LogP contribution in [-0.4, -0.2) is 38.6 Å². The number of hydrazone groups is 1. The fourth-order valence-electron chi connectivity index (χ4n) is 4.12. The van der Waals surface area contributed by atoms with Crippen LogP contribution in [0.2, 0.25) is 5.02 Å². The van der Waals surface area contributed by atoms with Crippen molar-refractivity contribution in [2.75, 3.05) is 18.7 Å². The Kier molecular flexibility index (Phi) is 5.70. The molecule has 0 aliphatic carbocycles. The van der Waals surface area contributed by atoms with E-state index in [9.17, 15) is 9.59 Å². The Balaban J connectivity index is 1.58. The second kappa shape index (κ2) is 8.83. The van der Waals surface area contributed by atoms with Gasteiger partial charge in [0.05, 0.1) is 19.9 Å². The van der Waals surface area contributed by atoms with Gasteiger partial charge in [0.15, 0.2) is 11.2 Å². The highest BCUT2D eigenvalue weighted by molar-refractivity contribution is 6.31. The Morgan fingerprint density at radius 3 is 2.62 bits per heavy atom. The third-order valence-corrected chi connectivity index (χ3v) is 6.31. The van der Waals surface area contributed by atoms with Gasteiger partial charge in [0.2, 0.25) is 5.95 Å². The normalized spacial score (nSPS) is 13.6. The van der Waals surface area contributed by atoms with Crippen molar-refractivity contribution in [2.24, 2.45) is 12.1 Å². The lowest BCUT2D eigenvalue weighted by molar-refractivity contribution is 0.415. The highest BCUT2D eigenvalue weighted by Crippen LogP contribution is 2.25. The number of benzene rings is 2. The number of aryl methyl sites for hydroxylation is 2. The van der Waals surface area contributed by atoms with Gasteiger partial charge in [0, 0.05) is 25.2 Å². The van der Waals surface area contributed by atoms with Crippen LogP contribution >= 0.6 is 11.6 Å². The molecule has 0 saturated heterocycles. The quantitative estimate of drug-likeness (QED) is 0.412. The van der Waals surface area contributed by atoms with Crippen LogP contribution in [0.1, 0.15) is 17.5 Å². The van der Waals surface area contributed by atoms with Crippen LogP contribution in [0.4, 0.5) is 5.95 Å². The Morgan fingerprint density at radius 1 is 1.12 bits per heavy atom. The smallest absolute Gasteiger partial charge is 0.332 e. The molecule has 34 heavy (non-hydrogen) atoms. The minimum absolute atomic E-state index is 0.0843. The molecule has 1 aliphatic heterocycles. The predicted octanol–water partition coefficient (Wildman–Crippen LogP) is 2.85. The maximum atomic E-state index is 13.5. The number of aromatic nitrogens is 4. The number of nitrogens with zero attached hydrogens (tertiary/aromatic N) is 6. The highest BCUT2D eigenvalue weighted by atomic mass is 35.5. The zero-order chi connectivity index (χ0) is 23.8. The molecule has 0 atom stereocenters. The molecule has 0 amide bonds. The molecule has 0 unspecified atom stereocenters. The third kappa shape index (κ3) is 3.77. The van der Waals surface area contributed by atoms with E-state index in [2.05, 4.69) is 10.1 Å². The van der Waals surface area contributed by atoms with Gasteiger partial charge in [-0.05, 0) is 47.9 Å². The van der Waals surface area contributed by atoms with Crippen LogP contribution in [0, 0.1) is 0 Å². The Bertz CT molecular complexity index is 1520. The second-order valence-corrected chi connectivity index (χ2v) is 8.46. The Labute approximate surface area is 200 Å². The molecule has 0 bridgehead atoms. The molecule has 2 aromatic carbocycles. The van der Waals surface area contributed by atoms with Crippen LogP contribution in [0.15, 0.2) is 63.2 Å². The van der Waals surface area contributed by atoms with Crippen molar-refractivity contribution < 1.29 is 4.74 Å². The highest BCUT2D eigenvalue weighted by Gasteiger charge is 2.26. The first-order valence-electron chi connectivity index (χ1n) is 10.9. The monoisotopic (exact) mass is 478 g/mol. The van der Waals surface area contributed by atoms with Gasteiger partial charge in [-0.15, -0.1) is 0 Å². The summed E-state index contributed by atoms with van der Waals surface area (Å²) in [6.45, 7) is 1.35. The van der Waals surface area contributed by atoms with Crippen molar-refractivity contribution in [3.05, 3.63) is 85.5 Å². The predicted molar refractivity (Wildman–Crippen MR) is 132 cm³/mol. The van der Waals surface area contributed by atoms with E-state index in [0.29, 0.717) is 40.8 Å². The van der Waals surface area contributed by atoms with Crippen molar-refractivity contribution in [3.8, 4) is 5.75 Å². The van der Waals surface area contributed by atoms with Crippen LogP contribution in [0.5, 0.6) is 5.75 Å². The van der Waals surface area contributed by atoms with Crippen LogP contribution in [-0.2, 0) is 20.1 Å². The zero-order valence-electron chi connectivity index (χ0n) is 18.8. The van der Waals surface area contributed by atoms with Crippen LogP contribution in [0.3, 0.4) is 0 Å². The minimum Gasteiger partial charge on any atom is -0.497 e. The van der Waals surface area contributed by atoms with E-state index in [1.54, 1.807) is 37.5 Å². The number of hydrogen-bond donors (Lipinski definition) is 0. The molecule has 174 valence electrons. The summed E-state index contributed by atoms with van der Waals surface area (Å²) in [5.74, 6) is 1.31. The van der Waals surface area contributed by atoms with Gasteiger partial charge < -0.3 is 9.30 Å². The number of imidazole rings is 1. The van der Waals surface area contributed by atoms with Gasteiger partial charge in [-0.1, -0.05) is 29.8 Å². The topological polar surface area (TPSA) is 86.7 Å². The second-order valence-electron chi connectivity index (χ2n) is 8.05. The van der Waals surface area contributed by atoms with E-state index >= 15 is 0 Å². The van der Waals surface area contributed by atoms with Gasteiger partial charge in [0.25, 0.3) is 5.56 Å². The number of ether oxygens (including phenoxy) is 1. The standard InChI is InChI=1S/C24H23ClN6O3/c1-28-21-20(22(32)30(24(28)33)15-17-6-3-4-7-19(17)25)29-12-5-13-31(23(29)27-21)26-14-16-8-10-18(34-2)11-9-16/h3-4,6-11,14H,5,12-13,15H2,1-2H3/b26-14-. The van der Waals surface area contributed by atoms with E-state index in [0.717, 1.165) is 17.7 Å². The van der Waals surface area contributed by atoms with Crippen LogP contribution < -0.4 is 21.0 Å². The summed E-state index contributed by atoms with van der Waals surface area (Å²) in [5, 5.41) is 6.87. The lowest BCUT2D eigenvalue weighted by atomic mass is 10.2. The van der Waals surface area contributed by atoms with Gasteiger partial charge >= 0.3 is 5.69 Å². The molecule has 0 spiro atoms. The lowest BCUT2D eigenvalue weighted by Crippen LogP contribution is -2.40. The first-order valence-corrected chi connectivity index (χ1v) is 11.2. The summed E-state index contributed by atoms with van der Waals surface area (Å²) >= 11 is 6.28. The third-order valence-electron chi connectivity index (χ3n) is 5.94. The van der Waals surface area contributed by atoms with Crippen molar-refractivity contribution in [3.63, 3.8) is 0 Å². The first kappa shape index (κ1) is 22.0. The summed E-state index contributed by atoms with van der Waals surface area (Å²) < 4.78 is 9.65. The molecule has 0 N–H and O–H groups in total. The Morgan fingerprint density at radius 2 is 1.88 bits per heavy atom. The van der Waals surface area contributed by atoms with Crippen LogP contribution in [0.25, 0.3) is 11.2 Å². The summed E-state index contributed by atoms with van der Waals surface area (Å²) in [4.78, 5) is 31.2. The summed E-state index contributed by atoms with van der Waals surface area (Å²) in [5.41, 5.74) is 1.50. The van der Waals surface area contributed by atoms with Crippen molar-refractivity contribution >= 4 is 34.9 Å². The summed E-state index contributed by atoms with van der Waals surface area (Å²) in [7, 11) is 3.24. The van der Waals surface area contributed by atoms with E-state index in [4.69, 9.17) is 16.3 Å². The number of fused-ring (bicyclic) bond motifs is 3. The fourth-order valence-corrected chi connectivity index (χ4v) is 4.32. The van der Waals surface area contributed by atoms with Gasteiger partial charge in [-0.3, -0.25) is 13.9 Å². The van der Waals surface area contributed by atoms with E-state index in [1.165, 1.54) is 9.13 Å². The molecule has 3 heterocycles. The van der Waals surface area contributed by atoms with Crippen molar-refractivity contribution in [1.82, 2.24) is 18.7 Å². The number of anilines is 1. The zero-order valence-corrected chi connectivity index (χ0v) is 19.6. The molecule has 5 rings (SSSR count). The van der Waals surface area contributed by atoms with Gasteiger partial charge in [-0.2, -0.15) is 10.1 Å². The number of halogens is 1. The van der Waals surface area contributed by atoms with E-state index in [1.807, 2.05) is 41.0 Å². The van der Waals surface area contributed by atoms with Gasteiger partial charge in [0.1, 0.15) is 5.75 Å². The largest absolute Gasteiger partial charge is 0.497 e. The van der Waals surface area contributed by atoms with Gasteiger partial charge in [-0.25, -0.2) is 9.80 Å². The molecule has 10 heteroatoms. The molecule has 0 fully saturated rings. The average Bonchev–Trinajstić information content (AvgIpc) is 3.26. The van der Waals surface area contributed by atoms with E-state index < -0.39 is 11.2 Å². The molecule has 0 radical (unpaired) electrons. The molecule has 4 aromatic rings. The lowest BCUT2D eigenvalue weighted by Gasteiger charge is -2.24. The summed E-state index contributed by atoms with van der Waals surface area (Å²) in [6, 6.07) is 14.7. The maximum absolute atomic E-state index is 13.5. The maximum Gasteiger partial charge on any atom is 0.332 e. The number of hydrogen-bond acceptors (Lipinski definition) is 6. The molecule has 1 aliphatic rings. The number of methoxy groups -OCH3 is 1. The van der Waals surface area contributed by atoms with Crippen molar-refractivity contribution in [1.29, 1.82) is 0 Å². The fraction of sp³-hybridized carbons (Fsp3) is 0.250. The average molecular weight is 479 g/mol. The molecule has 9 nitrogen and oxygen atoms in total. The van der Waals surface area contributed by atoms with Crippen molar-refractivity contribution in [2.45, 2.75) is 19.5 Å². The first-order chi connectivity index (χ1) is 16.5. The minimum atomic E-state index is -0.443. The molecule has 2 aromatic heterocycles. The van der Waals surface area contributed by atoms with E-state index in [-0.39, 0.29) is 6.54 Å². The summed E-state index contributed by atoms with van der Waals surface area (Å²) in [6.07, 6.45) is 2.52. The molecular formula is C24H23ClN6O3. The molecule has 0 saturated carbocycles. The molecular weight excluding hydrogens is 456 g/mol. The Hall–Kier alpha value is -3.85.